The molecule has 0 heterocycles. The molecule has 0 saturated heterocycles. The second-order valence-electron chi connectivity index (χ2n) is 6.14. The van der Waals surface area contributed by atoms with Crippen LogP contribution in [0.4, 0.5) is 17.1 Å². The van der Waals surface area contributed by atoms with E-state index in [9.17, 15) is 4.21 Å². The van der Waals surface area contributed by atoms with E-state index >= 15 is 0 Å². The predicted octanol–water partition coefficient (Wildman–Crippen LogP) is 4.91. The van der Waals surface area contributed by atoms with Crippen LogP contribution in [0.2, 0.25) is 0 Å². The van der Waals surface area contributed by atoms with Crippen molar-refractivity contribution in [3.05, 3.63) is 48.5 Å². The summed E-state index contributed by atoms with van der Waals surface area (Å²) in [6.07, 6.45) is 8.07. The van der Waals surface area contributed by atoms with Crippen LogP contribution in [-0.4, -0.2) is 16.5 Å². The minimum absolute atomic E-state index is 0.513. The molecule has 0 aliphatic heterocycles. The minimum atomic E-state index is -1.02. The lowest BCUT2D eigenvalue weighted by molar-refractivity contribution is 0.462. The first kappa shape index (κ1) is 16.1. The molecule has 4 heteroatoms. The zero-order chi connectivity index (χ0) is 16.1. The molecule has 2 N–H and O–H groups in total. The van der Waals surface area contributed by atoms with Crippen LogP contribution in [-0.2, 0) is 10.8 Å². The molecule has 0 aromatic heterocycles. The van der Waals surface area contributed by atoms with Gasteiger partial charge in [-0.3, -0.25) is 4.21 Å². The number of rotatable bonds is 5. The van der Waals surface area contributed by atoms with Crippen LogP contribution < -0.4 is 10.6 Å². The highest BCUT2D eigenvalue weighted by Gasteiger charge is 2.16. The highest BCUT2D eigenvalue weighted by molar-refractivity contribution is 7.84. The van der Waals surface area contributed by atoms with Crippen molar-refractivity contribution in [1.29, 1.82) is 0 Å². The molecule has 1 aliphatic rings. The Morgan fingerprint density at radius 2 is 1.70 bits per heavy atom. The third-order valence-electron chi connectivity index (χ3n) is 4.32. The Labute approximate surface area is 141 Å². The highest BCUT2D eigenvalue weighted by atomic mass is 32.2. The first-order valence-corrected chi connectivity index (χ1v) is 9.84. The zero-order valence-corrected chi connectivity index (χ0v) is 14.4. The molecule has 1 atom stereocenters. The van der Waals surface area contributed by atoms with E-state index in [1.54, 1.807) is 6.26 Å². The van der Waals surface area contributed by atoms with Gasteiger partial charge in [-0.2, -0.15) is 0 Å². The smallest absolute Gasteiger partial charge is 0.0637 e. The van der Waals surface area contributed by atoms with E-state index in [1.807, 2.05) is 36.4 Å². The van der Waals surface area contributed by atoms with E-state index in [2.05, 4.69) is 22.8 Å². The second kappa shape index (κ2) is 7.64. The number of anilines is 3. The third kappa shape index (κ3) is 4.35. The first-order valence-electron chi connectivity index (χ1n) is 8.28. The fourth-order valence-electron chi connectivity index (χ4n) is 3.11. The fraction of sp³-hybridized carbons (Fsp3) is 0.368. The van der Waals surface area contributed by atoms with Gasteiger partial charge >= 0.3 is 0 Å². The molecule has 0 radical (unpaired) electrons. The molecule has 2 aromatic carbocycles. The van der Waals surface area contributed by atoms with Gasteiger partial charge in [-0.1, -0.05) is 37.5 Å². The molecule has 23 heavy (non-hydrogen) atoms. The van der Waals surface area contributed by atoms with Gasteiger partial charge in [0.1, 0.15) is 0 Å². The molecule has 0 spiro atoms. The standard InChI is InChI=1S/C19H24N2OS/c1-23(22)19-14-17(20-15-8-4-2-5-9-15)12-13-18(19)21-16-10-6-3-7-11-16/h2,4-5,8-9,12-14,16,20-21H,3,6-7,10-11H2,1H3. The lowest BCUT2D eigenvalue weighted by Crippen LogP contribution is -2.23. The molecule has 1 fully saturated rings. The quantitative estimate of drug-likeness (QED) is 0.819. The summed E-state index contributed by atoms with van der Waals surface area (Å²) in [6.45, 7) is 0. The van der Waals surface area contributed by atoms with Crippen molar-refractivity contribution in [2.24, 2.45) is 0 Å². The Kier molecular flexibility index (Phi) is 5.34. The number of para-hydroxylation sites is 1. The number of benzene rings is 2. The predicted molar refractivity (Wildman–Crippen MR) is 99.0 cm³/mol. The third-order valence-corrected chi connectivity index (χ3v) is 5.28. The summed E-state index contributed by atoms with van der Waals surface area (Å²) in [5.74, 6) is 0. The van der Waals surface area contributed by atoms with E-state index in [4.69, 9.17) is 0 Å². The van der Waals surface area contributed by atoms with Gasteiger partial charge in [0.15, 0.2) is 0 Å². The number of hydrogen-bond acceptors (Lipinski definition) is 3. The molecule has 3 rings (SSSR count). The first-order chi connectivity index (χ1) is 11.2. The normalized spacial score (nSPS) is 16.7. The zero-order valence-electron chi connectivity index (χ0n) is 13.5. The summed E-state index contributed by atoms with van der Waals surface area (Å²) >= 11 is 0. The summed E-state index contributed by atoms with van der Waals surface area (Å²) in [7, 11) is -1.02. The van der Waals surface area contributed by atoms with Crippen LogP contribution in [0.5, 0.6) is 0 Å². The van der Waals surface area contributed by atoms with Crippen molar-refractivity contribution in [2.75, 3.05) is 16.9 Å². The summed E-state index contributed by atoms with van der Waals surface area (Å²) in [5, 5.41) is 6.97. The molecule has 122 valence electrons. The largest absolute Gasteiger partial charge is 0.381 e. The number of hydrogen-bond donors (Lipinski definition) is 2. The van der Waals surface area contributed by atoms with E-state index in [1.165, 1.54) is 32.1 Å². The summed E-state index contributed by atoms with van der Waals surface area (Å²) in [5.41, 5.74) is 3.01. The van der Waals surface area contributed by atoms with Gasteiger partial charge in [-0.15, -0.1) is 0 Å². The molecule has 2 aromatic rings. The van der Waals surface area contributed by atoms with Gasteiger partial charge < -0.3 is 10.6 Å². The van der Waals surface area contributed by atoms with Crippen molar-refractivity contribution in [3.8, 4) is 0 Å². The number of nitrogens with one attached hydrogen (secondary N) is 2. The highest BCUT2D eigenvalue weighted by Crippen LogP contribution is 2.28. The molecule has 1 aliphatic carbocycles. The van der Waals surface area contributed by atoms with Gasteiger partial charge in [0.2, 0.25) is 0 Å². The van der Waals surface area contributed by atoms with Crippen LogP contribution in [0.25, 0.3) is 0 Å². The van der Waals surface area contributed by atoms with Crippen LogP contribution in [0, 0.1) is 0 Å². The van der Waals surface area contributed by atoms with Gasteiger partial charge in [-0.25, -0.2) is 0 Å². The molecule has 3 nitrogen and oxygen atoms in total. The summed E-state index contributed by atoms with van der Waals surface area (Å²) in [6, 6.07) is 16.7. The Bertz CT molecular complexity index is 666. The second-order valence-corrected chi connectivity index (χ2v) is 7.48. The van der Waals surface area contributed by atoms with Crippen LogP contribution >= 0.6 is 0 Å². The van der Waals surface area contributed by atoms with E-state index in [0.717, 1.165) is 22.0 Å². The van der Waals surface area contributed by atoms with Crippen molar-refractivity contribution >= 4 is 27.9 Å². The monoisotopic (exact) mass is 328 g/mol. The molecule has 1 unspecified atom stereocenters. The van der Waals surface area contributed by atoms with Crippen LogP contribution in [0.1, 0.15) is 32.1 Å². The van der Waals surface area contributed by atoms with Crippen molar-refractivity contribution in [2.45, 2.75) is 43.0 Å². The molecule has 1 saturated carbocycles. The Morgan fingerprint density at radius 3 is 2.39 bits per heavy atom. The maximum absolute atomic E-state index is 12.2. The van der Waals surface area contributed by atoms with Gasteiger partial charge in [0.25, 0.3) is 0 Å². The molecular formula is C19H24N2OS. The molecule has 0 amide bonds. The Balaban J connectivity index is 1.79. The molecular weight excluding hydrogens is 304 g/mol. The van der Waals surface area contributed by atoms with Gasteiger partial charge in [-0.05, 0) is 43.2 Å². The van der Waals surface area contributed by atoms with Crippen LogP contribution in [0.3, 0.4) is 0 Å². The van der Waals surface area contributed by atoms with E-state index < -0.39 is 10.8 Å². The fourth-order valence-corrected chi connectivity index (χ4v) is 3.84. The van der Waals surface area contributed by atoms with Gasteiger partial charge in [0.05, 0.1) is 21.4 Å². The maximum Gasteiger partial charge on any atom is 0.0637 e. The Morgan fingerprint density at radius 1 is 0.957 bits per heavy atom. The maximum atomic E-state index is 12.2. The average molecular weight is 328 g/mol. The molecule has 0 bridgehead atoms. The lowest BCUT2D eigenvalue weighted by atomic mass is 9.95. The topological polar surface area (TPSA) is 41.1 Å². The minimum Gasteiger partial charge on any atom is -0.381 e. The summed E-state index contributed by atoms with van der Waals surface area (Å²) in [4.78, 5) is 0.872. The SMILES string of the molecule is CS(=O)c1cc(Nc2ccccc2)ccc1NC1CCCCC1. The van der Waals surface area contributed by atoms with E-state index in [0.29, 0.717) is 6.04 Å². The van der Waals surface area contributed by atoms with E-state index in [-0.39, 0.29) is 0 Å². The average Bonchev–Trinajstić information content (AvgIpc) is 2.58. The van der Waals surface area contributed by atoms with Crippen molar-refractivity contribution < 1.29 is 4.21 Å². The van der Waals surface area contributed by atoms with Gasteiger partial charge in [0, 0.05) is 23.7 Å². The van der Waals surface area contributed by atoms with Crippen LogP contribution in [0.15, 0.2) is 53.4 Å². The lowest BCUT2D eigenvalue weighted by Gasteiger charge is -2.25. The Hall–Kier alpha value is -1.81. The summed E-state index contributed by atoms with van der Waals surface area (Å²) < 4.78 is 12.2. The van der Waals surface area contributed by atoms with Crippen molar-refractivity contribution in [1.82, 2.24) is 0 Å². The van der Waals surface area contributed by atoms with Crippen molar-refractivity contribution in [3.63, 3.8) is 0 Å².